The molecular formula is C13H17NO3S. The van der Waals surface area contributed by atoms with Gasteiger partial charge in [0.1, 0.15) is 0 Å². The number of carboxylic acids is 1. The third kappa shape index (κ3) is 4.41. The lowest BCUT2D eigenvalue weighted by Gasteiger charge is -2.09. The van der Waals surface area contributed by atoms with Crippen LogP contribution in [0.15, 0.2) is 18.2 Å². The van der Waals surface area contributed by atoms with Crippen LogP contribution in [0.5, 0.6) is 0 Å². The van der Waals surface area contributed by atoms with Crippen LogP contribution >= 0.6 is 11.8 Å². The van der Waals surface area contributed by atoms with Crippen molar-refractivity contribution in [2.24, 2.45) is 0 Å². The second-order valence-electron chi connectivity index (χ2n) is 3.95. The minimum Gasteiger partial charge on any atom is -0.481 e. The third-order valence-electron chi connectivity index (χ3n) is 2.61. The van der Waals surface area contributed by atoms with Crippen molar-refractivity contribution in [2.75, 3.05) is 18.1 Å². The number of benzene rings is 1. The van der Waals surface area contributed by atoms with Crippen molar-refractivity contribution in [3.8, 4) is 0 Å². The Kier molecular flexibility index (Phi) is 5.71. The molecule has 5 heteroatoms. The quantitative estimate of drug-likeness (QED) is 0.772. The smallest absolute Gasteiger partial charge is 0.313 e. The summed E-state index contributed by atoms with van der Waals surface area (Å²) >= 11 is 1.29. The molecule has 0 aliphatic rings. The van der Waals surface area contributed by atoms with Crippen molar-refractivity contribution < 1.29 is 14.7 Å². The van der Waals surface area contributed by atoms with E-state index in [1.807, 2.05) is 26.0 Å². The molecule has 0 fully saturated rings. The number of carbonyl (C=O) groups is 2. The molecule has 0 bridgehead atoms. The number of thioether (sulfide) groups is 1. The summed E-state index contributed by atoms with van der Waals surface area (Å²) in [6.45, 7) is 4.36. The van der Waals surface area contributed by atoms with Gasteiger partial charge in [0.05, 0.1) is 5.75 Å². The number of carbonyl (C=O) groups excluding carboxylic acids is 1. The molecule has 0 aliphatic heterocycles. The highest BCUT2D eigenvalue weighted by Gasteiger charge is 2.09. The van der Waals surface area contributed by atoms with Crippen LogP contribution in [0.25, 0.3) is 0 Å². The Morgan fingerprint density at radius 2 is 2.06 bits per heavy atom. The van der Waals surface area contributed by atoms with Crippen molar-refractivity contribution in [1.82, 2.24) is 5.32 Å². The maximum Gasteiger partial charge on any atom is 0.313 e. The van der Waals surface area contributed by atoms with Crippen LogP contribution < -0.4 is 5.32 Å². The van der Waals surface area contributed by atoms with E-state index in [0.29, 0.717) is 17.9 Å². The van der Waals surface area contributed by atoms with E-state index in [2.05, 4.69) is 5.32 Å². The second kappa shape index (κ2) is 7.06. The number of hydrogen-bond acceptors (Lipinski definition) is 3. The molecule has 1 aromatic rings. The zero-order valence-electron chi connectivity index (χ0n) is 10.5. The number of nitrogens with one attached hydrogen (secondary N) is 1. The Balaban J connectivity index is 2.41. The Morgan fingerprint density at radius 3 is 2.72 bits per heavy atom. The Bertz CT molecular complexity index is 446. The molecule has 18 heavy (non-hydrogen) atoms. The summed E-state index contributed by atoms with van der Waals surface area (Å²) in [7, 11) is 0. The molecule has 0 radical (unpaired) electrons. The predicted octanol–water partition coefficient (Wildman–Crippen LogP) is 1.85. The van der Waals surface area contributed by atoms with Gasteiger partial charge in [-0.3, -0.25) is 9.59 Å². The fourth-order valence-corrected chi connectivity index (χ4v) is 2.05. The molecule has 0 heterocycles. The molecule has 1 amide bonds. The van der Waals surface area contributed by atoms with Gasteiger partial charge in [-0.2, -0.15) is 0 Å². The van der Waals surface area contributed by atoms with E-state index in [4.69, 9.17) is 5.11 Å². The van der Waals surface area contributed by atoms with Crippen LogP contribution in [-0.4, -0.2) is 35.0 Å². The van der Waals surface area contributed by atoms with Gasteiger partial charge in [-0.15, -0.1) is 11.8 Å². The van der Waals surface area contributed by atoms with Gasteiger partial charge in [-0.25, -0.2) is 0 Å². The lowest BCUT2D eigenvalue weighted by molar-refractivity contribution is -0.133. The van der Waals surface area contributed by atoms with E-state index in [1.54, 1.807) is 6.07 Å². The SMILES string of the molecule is Cc1cccc(C(=O)NCCSCC(=O)O)c1C. The molecule has 0 saturated carbocycles. The fraction of sp³-hybridized carbons (Fsp3) is 0.385. The van der Waals surface area contributed by atoms with Gasteiger partial charge in [-0.1, -0.05) is 12.1 Å². The van der Waals surface area contributed by atoms with E-state index in [-0.39, 0.29) is 11.7 Å². The van der Waals surface area contributed by atoms with E-state index in [9.17, 15) is 9.59 Å². The Hall–Kier alpha value is -1.49. The van der Waals surface area contributed by atoms with Crippen LogP contribution in [0.3, 0.4) is 0 Å². The highest BCUT2D eigenvalue weighted by atomic mass is 32.2. The average molecular weight is 267 g/mol. The van der Waals surface area contributed by atoms with Crippen molar-refractivity contribution in [3.05, 3.63) is 34.9 Å². The number of aryl methyl sites for hydroxylation is 1. The number of carboxylic acid groups (broad SMARTS) is 1. The van der Waals surface area contributed by atoms with Crippen LogP contribution in [0.1, 0.15) is 21.5 Å². The third-order valence-corrected chi connectivity index (χ3v) is 3.55. The molecule has 0 atom stereocenters. The average Bonchev–Trinajstić information content (AvgIpc) is 2.31. The van der Waals surface area contributed by atoms with E-state index in [1.165, 1.54) is 11.8 Å². The molecule has 0 spiro atoms. The van der Waals surface area contributed by atoms with E-state index >= 15 is 0 Å². The van der Waals surface area contributed by atoms with Crippen LogP contribution in [0.4, 0.5) is 0 Å². The summed E-state index contributed by atoms with van der Waals surface area (Å²) in [5.74, 6) is -0.268. The molecule has 0 aromatic heterocycles. The maximum absolute atomic E-state index is 11.9. The summed E-state index contributed by atoms with van der Waals surface area (Å²) in [5.41, 5.74) is 2.74. The molecule has 1 rings (SSSR count). The van der Waals surface area contributed by atoms with Gasteiger partial charge in [0, 0.05) is 17.9 Å². The summed E-state index contributed by atoms with van der Waals surface area (Å²) in [5, 5.41) is 11.2. The topological polar surface area (TPSA) is 66.4 Å². The normalized spacial score (nSPS) is 10.1. The van der Waals surface area contributed by atoms with E-state index in [0.717, 1.165) is 11.1 Å². The summed E-state index contributed by atoms with van der Waals surface area (Å²) in [6, 6.07) is 5.62. The lowest BCUT2D eigenvalue weighted by atomic mass is 10.0. The molecule has 2 N–H and O–H groups in total. The van der Waals surface area contributed by atoms with Gasteiger partial charge in [0.25, 0.3) is 5.91 Å². The van der Waals surface area contributed by atoms with Gasteiger partial charge in [-0.05, 0) is 31.0 Å². The molecule has 1 aromatic carbocycles. The molecule has 4 nitrogen and oxygen atoms in total. The van der Waals surface area contributed by atoms with Crippen molar-refractivity contribution in [3.63, 3.8) is 0 Å². The Morgan fingerprint density at radius 1 is 1.33 bits per heavy atom. The zero-order valence-corrected chi connectivity index (χ0v) is 11.3. The summed E-state index contributed by atoms with van der Waals surface area (Å²) in [6.07, 6.45) is 0. The monoisotopic (exact) mass is 267 g/mol. The summed E-state index contributed by atoms with van der Waals surface area (Å²) in [4.78, 5) is 22.2. The first-order valence-corrected chi connectivity index (χ1v) is 6.82. The van der Waals surface area contributed by atoms with Gasteiger partial charge >= 0.3 is 5.97 Å². The van der Waals surface area contributed by atoms with Crippen molar-refractivity contribution in [1.29, 1.82) is 0 Å². The number of rotatable bonds is 6. The first-order chi connectivity index (χ1) is 8.52. The standard InChI is InChI=1S/C13H17NO3S/c1-9-4-3-5-11(10(9)2)13(17)14-6-7-18-8-12(15)16/h3-5H,6-8H2,1-2H3,(H,14,17)(H,15,16). The Labute approximate surface area is 111 Å². The highest BCUT2D eigenvalue weighted by molar-refractivity contribution is 7.99. The number of aliphatic carboxylic acids is 1. The minimum atomic E-state index is -0.833. The molecule has 98 valence electrons. The van der Waals surface area contributed by atoms with Gasteiger partial charge < -0.3 is 10.4 Å². The minimum absolute atomic E-state index is 0.0688. The molecule has 0 saturated heterocycles. The van der Waals surface area contributed by atoms with Gasteiger partial charge in [0.15, 0.2) is 0 Å². The van der Waals surface area contributed by atoms with E-state index < -0.39 is 5.97 Å². The predicted molar refractivity (Wildman–Crippen MR) is 73.2 cm³/mol. The first-order valence-electron chi connectivity index (χ1n) is 5.66. The number of hydrogen-bond donors (Lipinski definition) is 2. The largest absolute Gasteiger partial charge is 0.481 e. The molecule has 0 unspecified atom stereocenters. The maximum atomic E-state index is 11.9. The van der Waals surface area contributed by atoms with Crippen LogP contribution in [0.2, 0.25) is 0 Å². The summed E-state index contributed by atoms with van der Waals surface area (Å²) < 4.78 is 0. The fourth-order valence-electron chi connectivity index (χ4n) is 1.49. The van der Waals surface area contributed by atoms with Crippen molar-refractivity contribution >= 4 is 23.6 Å². The highest BCUT2D eigenvalue weighted by Crippen LogP contribution is 2.12. The van der Waals surface area contributed by atoms with Crippen LogP contribution in [-0.2, 0) is 4.79 Å². The van der Waals surface area contributed by atoms with Crippen molar-refractivity contribution in [2.45, 2.75) is 13.8 Å². The number of amides is 1. The lowest BCUT2D eigenvalue weighted by Crippen LogP contribution is -2.26. The molecular weight excluding hydrogens is 250 g/mol. The first kappa shape index (κ1) is 14.6. The zero-order chi connectivity index (χ0) is 13.5. The second-order valence-corrected chi connectivity index (χ2v) is 5.05. The van der Waals surface area contributed by atoms with Crippen LogP contribution in [0, 0.1) is 13.8 Å². The van der Waals surface area contributed by atoms with Gasteiger partial charge in [0.2, 0.25) is 0 Å². The molecule has 0 aliphatic carbocycles.